The van der Waals surface area contributed by atoms with E-state index in [1.54, 1.807) is 32.7 Å². The molecule has 9 heteroatoms. The number of methoxy groups -OCH3 is 2. The number of amides is 2. The van der Waals surface area contributed by atoms with Crippen LogP contribution in [0.25, 0.3) is 0 Å². The first kappa shape index (κ1) is 40.3. The average molecular weight is 679 g/mol. The molecule has 0 bridgehead atoms. The summed E-state index contributed by atoms with van der Waals surface area (Å²) in [5.74, 6) is 0.571. The fourth-order valence-corrected chi connectivity index (χ4v) is 7.62. The predicted octanol–water partition coefficient (Wildman–Crippen LogP) is 6.44. The molecule has 1 aliphatic rings. The summed E-state index contributed by atoms with van der Waals surface area (Å²) in [5.41, 5.74) is 1.24. The molecule has 1 aliphatic heterocycles. The van der Waals surface area contributed by atoms with E-state index in [-0.39, 0.29) is 65.7 Å². The Labute approximate surface area is 295 Å². The summed E-state index contributed by atoms with van der Waals surface area (Å²) in [7, 11) is 5.12. The molecule has 1 saturated heterocycles. The van der Waals surface area contributed by atoms with E-state index in [1.807, 2.05) is 55.8 Å². The smallest absolute Gasteiger partial charge is 0.226 e. The Balaban J connectivity index is 1.74. The molecule has 1 fully saturated rings. The Morgan fingerprint density at radius 2 is 1.59 bits per heavy atom. The van der Waals surface area contributed by atoms with Crippen LogP contribution in [0.15, 0.2) is 48.8 Å². The van der Waals surface area contributed by atoms with E-state index >= 15 is 0 Å². The molecule has 0 unspecified atom stereocenters. The lowest BCUT2D eigenvalue weighted by Crippen LogP contribution is -2.54. The SMILES string of the molecule is CC[C@@H](CC(=O)[C@H](C)[C@@H](OC)[C@@H]1CCCN1C(=O)C[C@@H](OC)[C@H]([C@@H](C)CC)N(C)C(=O)[C@@H](Cc1ncccn1)C(C)C)Cc1ccccc1. The molecule has 0 radical (unpaired) electrons. The standard InChI is InChI=1S/C40H62N4O5/c1-10-28(5)38(43(7)40(47)32(27(3)4)25-36-41-20-16-21-42-36)35(48-8)26-37(46)44-22-15-19-33(44)39(49-9)29(6)34(45)24-30(11-2)23-31-17-13-12-14-18-31/h12-14,16-18,20-21,27-30,32-33,35,38-39H,10-11,15,19,22-26H2,1-9H3/t28-,29-,30+,32-,33-,35+,38-,39+/m0/s1. The van der Waals surface area contributed by atoms with Gasteiger partial charge in [0.25, 0.3) is 0 Å². The van der Waals surface area contributed by atoms with E-state index in [0.29, 0.717) is 25.2 Å². The van der Waals surface area contributed by atoms with Gasteiger partial charge in [-0.25, -0.2) is 9.97 Å². The summed E-state index contributed by atoms with van der Waals surface area (Å²) < 4.78 is 12.1. The molecule has 2 aromatic rings. The lowest BCUT2D eigenvalue weighted by atomic mass is 9.84. The van der Waals surface area contributed by atoms with Crippen molar-refractivity contribution < 1.29 is 23.9 Å². The molecule has 2 amide bonds. The second-order valence-corrected chi connectivity index (χ2v) is 14.4. The van der Waals surface area contributed by atoms with Crippen LogP contribution in [0.4, 0.5) is 0 Å². The molecule has 0 saturated carbocycles. The number of Topliss-reactive ketones (excluding diaryl/α,β-unsaturated/α-hetero) is 1. The highest BCUT2D eigenvalue weighted by molar-refractivity contribution is 5.82. The van der Waals surface area contributed by atoms with Crippen molar-refractivity contribution in [1.82, 2.24) is 19.8 Å². The molecule has 272 valence electrons. The molecule has 3 rings (SSSR count). The highest BCUT2D eigenvalue weighted by Gasteiger charge is 2.42. The first-order valence-electron chi connectivity index (χ1n) is 18.4. The zero-order valence-electron chi connectivity index (χ0n) is 31.5. The largest absolute Gasteiger partial charge is 0.379 e. The molecule has 1 aromatic heterocycles. The Kier molecular flexibility index (Phi) is 16.3. The van der Waals surface area contributed by atoms with Crippen LogP contribution in [0.5, 0.6) is 0 Å². The fraction of sp³-hybridized carbons (Fsp3) is 0.675. The molecule has 8 atom stereocenters. The molecule has 0 N–H and O–H groups in total. The monoisotopic (exact) mass is 678 g/mol. The average Bonchev–Trinajstić information content (AvgIpc) is 3.60. The van der Waals surface area contributed by atoms with Crippen LogP contribution in [0.1, 0.15) is 91.5 Å². The van der Waals surface area contributed by atoms with Crippen LogP contribution in [-0.4, -0.2) is 89.5 Å². The molecule has 1 aromatic carbocycles. The van der Waals surface area contributed by atoms with Crippen molar-refractivity contribution in [3.63, 3.8) is 0 Å². The third kappa shape index (κ3) is 10.9. The zero-order chi connectivity index (χ0) is 36.1. The van der Waals surface area contributed by atoms with Gasteiger partial charge in [-0.05, 0) is 48.6 Å². The number of aromatic nitrogens is 2. The Morgan fingerprint density at radius 1 is 0.918 bits per heavy atom. The molecule has 49 heavy (non-hydrogen) atoms. The van der Waals surface area contributed by atoms with Gasteiger partial charge in [0.05, 0.1) is 30.7 Å². The number of benzene rings is 1. The summed E-state index contributed by atoms with van der Waals surface area (Å²) in [6, 6.07) is 11.6. The molecule has 9 nitrogen and oxygen atoms in total. The maximum atomic E-state index is 14.1. The van der Waals surface area contributed by atoms with Gasteiger partial charge in [0, 0.05) is 64.9 Å². The lowest BCUT2D eigenvalue weighted by Gasteiger charge is -2.40. The van der Waals surface area contributed by atoms with E-state index in [1.165, 1.54) is 5.56 Å². The number of ketones is 1. The van der Waals surface area contributed by atoms with E-state index in [0.717, 1.165) is 32.1 Å². The number of nitrogens with zero attached hydrogens (tertiary/aromatic N) is 4. The third-order valence-corrected chi connectivity index (χ3v) is 10.9. The minimum Gasteiger partial charge on any atom is -0.379 e. The van der Waals surface area contributed by atoms with Crippen LogP contribution >= 0.6 is 0 Å². The fourth-order valence-electron chi connectivity index (χ4n) is 7.62. The van der Waals surface area contributed by atoms with Crippen molar-refractivity contribution in [3.8, 4) is 0 Å². The van der Waals surface area contributed by atoms with Crippen molar-refractivity contribution in [3.05, 3.63) is 60.2 Å². The maximum Gasteiger partial charge on any atom is 0.226 e. The first-order valence-corrected chi connectivity index (χ1v) is 18.4. The second-order valence-electron chi connectivity index (χ2n) is 14.4. The predicted molar refractivity (Wildman–Crippen MR) is 194 cm³/mol. The Hall–Kier alpha value is -3.17. The van der Waals surface area contributed by atoms with Crippen molar-refractivity contribution in [2.75, 3.05) is 27.8 Å². The number of ether oxygens (including phenoxy) is 2. The summed E-state index contributed by atoms with van der Waals surface area (Å²) in [4.78, 5) is 54.4. The summed E-state index contributed by atoms with van der Waals surface area (Å²) in [5, 5.41) is 0. The summed E-state index contributed by atoms with van der Waals surface area (Å²) in [6.07, 6.45) is 7.84. The van der Waals surface area contributed by atoms with Gasteiger partial charge >= 0.3 is 0 Å². The lowest BCUT2D eigenvalue weighted by molar-refractivity contribution is -0.148. The molecular weight excluding hydrogens is 616 g/mol. The third-order valence-electron chi connectivity index (χ3n) is 10.9. The van der Waals surface area contributed by atoms with Crippen molar-refractivity contribution in [2.45, 2.75) is 117 Å². The van der Waals surface area contributed by atoms with Gasteiger partial charge in [-0.2, -0.15) is 0 Å². The van der Waals surface area contributed by atoms with Gasteiger partial charge in [-0.15, -0.1) is 0 Å². The zero-order valence-corrected chi connectivity index (χ0v) is 31.5. The highest BCUT2D eigenvalue weighted by Crippen LogP contribution is 2.31. The molecular formula is C40H62N4O5. The van der Waals surface area contributed by atoms with E-state index in [9.17, 15) is 14.4 Å². The molecule has 0 spiro atoms. The van der Waals surface area contributed by atoms with Crippen LogP contribution in [-0.2, 0) is 36.7 Å². The number of carbonyl (C=O) groups is 3. The summed E-state index contributed by atoms with van der Waals surface area (Å²) in [6.45, 7) is 13.0. The second kappa shape index (κ2) is 19.9. The van der Waals surface area contributed by atoms with Gasteiger partial charge in [0.2, 0.25) is 11.8 Å². The van der Waals surface area contributed by atoms with E-state index < -0.39 is 12.2 Å². The van der Waals surface area contributed by atoms with Crippen molar-refractivity contribution >= 4 is 17.6 Å². The topological polar surface area (TPSA) is 102 Å². The van der Waals surface area contributed by atoms with Crippen LogP contribution < -0.4 is 0 Å². The van der Waals surface area contributed by atoms with E-state index in [4.69, 9.17) is 9.47 Å². The van der Waals surface area contributed by atoms with Gasteiger partial charge in [-0.3, -0.25) is 14.4 Å². The van der Waals surface area contributed by atoms with Gasteiger partial charge in [0.1, 0.15) is 11.6 Å². The number of carbonyl (C=O) groups excluding carboxylic acids is 3. The van der Waals surface area contributed by atoms with Crippen LogP contribution in [0.3, 0.4) is 0 Å². The number of hydrogen-bond acceptors (Lipinski definition) is 7. The minimum atomic E-state index is -0.498. The quantitative estimate of drug-likeness (QED) is 0.159. The van der Waals surface area contributed by atoms with Crippen molar-refractivity contribution in [1.29, 1.82) is 0 Å². The number of likely N-dealkylation sites (tertiary alicyclic amines) is 1. The summed E-state index contributed by atoms with van der Waals surface area (Å²) >= 11 is 0. The number of hydrogen-bond donors (Lipinski definition) is 0. The van der Waals surface area contributed by atoms with Gasteiger partial charge in [-0.1, -0.05) is 84.7 Å². The van der Waals surface area contributed by atoms with Gasteiger partial charge < -0.3 is 19.3 Å². The first-order chi connectivity index (χ1) is 23.5. The van der Waals surface area contributed by atoms with Crippen LogP contribution in [0.2, 0.25) is 0 Å². The Bertz CT molecular complexity index is 1290. The van der Waals surface area contributed by atoms with Crippen LogP contribution in [0, 0.1) is 29.6 Å². The normalized spacial score (nSPS) is 19.1. The minimum absolute atomic E-state index is 0.00531. The molecule has 2 heterocycles. The number of likely N-dealkylation sites (N-methyl/N-ethyl adjacent to an activating group) is 1. The Morgan fingerprint density at radius 3 is 2.16 bits per heavy atom. The molecule has 0 aliphatic carbocycles. The highest BCUT2D eigenvalue weighted by atomic mass is 16.5. The van der Waals surface area contributed by atoms with Gasteiger partial charge in [0.15, 0.2) is 0 Å². The van der Waals surface area contributed by atoms with E-state index in [2.05, 4.69) is 42.9 Å². The maximum absolute atomic E-state index is 14.1. The number of rotatable bonds is 20. The van der Waals surface area contributed by atoms with Crippen molar-refractivity contribution in [2.24, 2.45) is 29.6 Å².